The lowest BCUT2D eigenvalue weighted by molar-refractivity contribution is -0.126. The fourth-order valence-corrected chi connectivity index (χ4v) is 3.82. The molecular weight excluding hydrogens is 422 g/mol. The minimum Gasteiger partial charge on any atom is -0.484 e. The molecule has 0 aliphatic carbocycles. The highest BCUT2D eigenvalue weighted by molar-refractivity contribution is 6.00. The number of amides is 3. The predicted octanol–water partition coefficient (Wildman–Crippen LogP) is 2.83. The van der Waals surface area contributed by atoms with Gasteiger partial charge in [-0.1, -0.05) is 6.07 Å². The minimum atomic E-state index is -0.370. The largest absolute Gasteiger partial charge is 0.484 e. The number of anilines is 2. The fourth-order valence-electron chi connectivity index (χ4n) is 3.82. The number of carbonyl (C=O) groups excluding carboxylic acids is 3. The molecule has 0 bridgehead atoms. The first-order valence-corrected chi connectivity index (χ1v) is 11.0. The van der Waals surface area contributed by atoms with Gasteiger partial charge in [-0.2, -0.15) is 0 Å². The van der Waals surface area contributed by atoms with Gasteiger partial charge in [0.15, 0.2) is 6.61 Å². The van der Waals surface area contributed by atoms with E-state index < -0.39 is 0 Å². The highest BCUT2D eigenvalue weighted by Crippen LogP contribution is 2.27. The van der Waals surface area contributed by atoms with Gasteiger partial charge in [-0.15, -0.1) is 0 Å². The third-order valence-electron chi connectivity index (χ3n) is 5.34. The Labute approximate surface area is 194 Å². The Balaban J connectivity index is 1.48. The maximum Gasteiger partial charge on any atom is 0.262 e. The van der Waals surface area contributed by atoms with Crippen LogP contribution in [0.15, 0.2) is 42.5 Å². The second kappa shape index (κ2) is 11.5. The van der Waals surface area contributed by atoms with Gasteiger partial charge >= 0.3 is 0 Å². The fraction of sp³-hybridized carbons (Fsp3) is 0.400. The molecule has 3 amide bonds. The summed E-state index contributed by atoms with van der Waals surface area (Å²) in [6.45, 7) is 5.28. The standard InChI is InChI=1S/C25H31N3O5/c1-17-11-18(2)13-20(12-17)27-23(29)16-33-22-7-5-21(6-8-22)28-15-19(14-24(28)30)25(31)26-9-4-10-32-3/h5-8,11-13,19H,4,9-10,14-16H2,1-3H3,(H,26,31)(H,27,29)/t19-/m0/s1. The van der Waals surface area contributed by atoms with Crippen molar-refractivity contribution in [2.45, 2.75) is 26.7 Å². The SMILES string of the molecule is COCCCNC(=O)[C@H]1CC(=O)N(c2ccc(OCC(=O)Nc3cc(C)cc(C)c3)cc2)C1. The summed E-state index contributed by atoms with van der Waals surface area (Å²) in [5.74, 6) is -0.304. The molecule has 3 rings (SSSR count). The molecule has 1 fully saturated rings. The van der Waals surface area contributed by atoms with Crippen LogP contribution in [-0.4, -0.2) is 51.1 Å². The summed E-state index contributed by atoms with van der Waals surface area (Å²) in [7, 11) is 1.62. The van der Waals surface area contributed by atoms with Crippen LogP contribution in [0.4, 0.5) is 11.4 Å². The monoisotopic (exact) mass is 453 g/mol. The highest BCUT2D eigenvalue weighted by atomic mass is 16.5. The number of nitrogens with zero attached hydrogens (tertiary/aromatic N) is 1. The van der Waals surface area contributed by atoms with E-state index in [2.05, 4.69) is 10.6 Å². The van der Waals surface area contributed by atoms with Gasteiger partial charge < -0.3 is 25.0 Å². The number of methoxy groups -OCH3 is 1. The zero-order chi connectivity index (χ0) is 23.8. The van der Waals surface area contributed by atoms with Gasteiger partial charge in [0.1, 0.15) is 5.75 Å². The normalized spacial score (nSPS) is 15.4. The quantitative estimate of drug-likeness (QED) is 0.539. The van der Waals surface area contributed by atoms with Crippen molar-refractivity contribution in [2.75, 3.05) is 43.6 Å². The first kappa shape index (κ1) is 24.3. The number of carbonyl (C=O) groups is 3. The summed E-state index contributed by atoms with van der Waals surface area (Å²) in [6.07, 6.45) is 0.920. The van der Waals surface area contributed by atoms with E-state index >= 15 is 0 Å². The first-order valence-electron chi connectivity index (χ1n) is 11.0. The molecule has 1 atom stereocenters. The molecule has 8 heteroatoms. The van der Waals surface area contributed by atoms with Gasteiger partial charge in [0.2, 0.25) is 11.8 Å². The van der Waals surface area contributed by atoms with Crippen molar-refractivity contribution in [2.24, 2.45) is 5.92 Å². The maximum atomic E-state index is 12.4. The number of nitrogens with one attached hydrogen (secondary N) is 2. The van der Waals surface area contributed by atoms with Crippen LogP contribution in [0.3, 0.4) is 0 Å². The van der Waals surface area contributed by atoms with E-state index in [-0.39, 0.29) is 36.7 Å². The van der Waals surface area contributed by atoms with E-state index in [4.69, 9.17) is 9.47 Å². The van der Waals surface area contributed by atoms with Crippen molar-refractivity contribution in [3.05, 3.63) is 53.6 Å². The summed E-state index contributed by atoms with van der Waals surface area (Å²) in [4.78, 5) is 38.6. The smallest absolute Gasteiger partial charge is 0.262 e. The Morgan fingerprint density at radius 1 is 1.09 bits per heavy atom. The van der Waals surface area contributed by atoms with Crippen molar-refractivity contribution >= 4 is 29.1 Å². The molecule has 2 aromatic carbocycles. The van der Waals surface area contributed by atoms with Crippen molar-refractivity contribution in [3.8, 4) is 5.75 Å². The first-order chi connectivity index (χ1) is 15.9. The van der Waals surface area contributed by atoms with Crippen molar-refractivity contribution in [1.29, 1.82) is 0 Å². The van der Waals surface area contributed by atoms with Crippen LogP contribution in [0.5, 0.6) is 5.75 Å². The topological polar surface area (TPSA) is 97.0 Å². The molecule has 33 heavy (non-hydrogen) atoms. The van der Waals surface area contributed by atoms with Crippen molar-refractivity contribution in [1.82, 2.24) is 5.32 Å². The van der Waals surface area contributed by atoms with E-state index in [1.807, 2.05) is 32.0 Å². The molecule has 2 aromatic rings. The number of hydrogen-bond donors (Lipinski definition) is 2. The van der Waals surface area contributed by atoms with Crippen LogP contribution in [0.2, 0.25) is 0 Å². The van der Waals surface area contributed by atoms with E-state index in [9.17, 15) is 14.4 Å². The summed E-state index contributed by atoms with van der Waals surface area (Å²) in [6, 6.07) is 12.8. The molecule has 0 aromatic heterocycles. The molecule has 1 saturated heterocycles. The lowest BCUT2D eigenvalue weighted by Crippen LogP contribution is -2.33. The van der Waals surface area contributed by atoms with E-state index in [1.165, 1.54) is 0 Å². The maximum absolute atomic E-state index is 12.4. The van der Waals surface area contributed by atoms with Crippen LogP contribution in [0, 0.1) is 19.8 Å². The average molecular weight is 454 g/mol. The highest BCUT2D eigenvalue weighted by Gasteiger charge is 2.34. The predicted molar refractivity (Wildman–Crippen MR) is 126 cm³/mol. The van der Waals surface area contributed by atoms with Crippen LogP contribution in [0.25, 0.3) is 0 Å². The molecule has 1 aliphatic heterocycles. The van der Waals surface area contributed by atoms with Gasteiger partial charge in [-0.3, -0.25) is 14.4 Å². The van der Waals surface area contributed by atoms with Gasteiger partial charge in [-0.05, 0) is 67.8 Å². The third kappa shape index (κ3) is 7.05. The minimum absolute atomic E-state index is 0.0893. The molecule has 0 spiro atoms. The molecular formula is C25H31N3O5. The van der Waals surface area contributed by atoms with Crippen LogP contribution in [-0.2, 0) is 19.1 Å². The molecule has 2 N–H and O–H groups in total. The summed E-state index contributed by atoms with van der Waals surface area (Å²) in [5.41, 5.74) is 3.58. The Kier molecular flexibility index (Phi) is 8.43. The number of benzene rings is 2. The number of hydrogen-bond acceptors (Lipinski definition) is 5. The number of aryl methyl sites for hydroxylation is 2. The average Bonchev–Trinajstić information content (AvgIpc) is 3.16. The van der Waals surface area contributed by atoms with Gasteiger partial charge in [0.25, 0.3) is 5.91 Å². The van der Waals surface area contributed by atoms with Gasteiger partial charge in [0.05, 0.1) is 5.92 Å². The second-order valence-corrected chi connectivity index (χ2v) is 8.25. The molecule has 176 valence electrons. The van der Waals surface area contributed by atoms with Gasteiger partial charge in [0, 0.05) is 44.6 Å². The van der Waals surface area contributed by atoms with Crippen LogP contribution in [0.1, 0.15) is 24.0 Å². The van der Waals surface area contributed by atoms with Crippen molar-refractivity contribution in [3.63, 3.8) is 0 Å². The summed E-state index contributed by atoms with van der Waals surface area (Å²) >= 11 is 0. The lowest BCUT2D eigenvalue weighted by atomic mass is 10.1. The van der Waals surface area contributed by atoms with E-state index in [0.29, 0.717) is 31.1 Å². The summed E-state index contributed by atoms with van der Waals surface area (Å²) < 4.78 is 10.5. The lowest BCUT2D eigenvalue weighted by Gasteiger charge is -2.17. The molecule has 0 saturated carbocycles. The Morgan fingerprint density at radius 2 is 1.79 bits per heavy atom. The molecule has 1 heterocycles. The van der Waals surface area contributed by atoms with Crippen LogP contribution < -0.4 is 20.3 Å². The van der Waals surface area contributed by atoms with E-state index in [1.54, 1.807) is 36.3 Å². The van der Waals surface area contributed by atoms with Crippen molar-refractivity contribution < 1.29 is 23.9 Å². The summed E-state index contributed by atoms with van der Waals surface area (Å²) in [5, 5.41) is 5.69. The van der Waals surface area contributed by atoms with E-state index in [0.717, 1.165) is 23.2 Å². The number of ether oxygens (including phenoxy) is 2. The van der Waals surface area contributed by atoms with Gasteiger partial charge in [-0.25, -0.2) is 0 Å². The Morgan fingerprint density at radius 3 is 2.45 bits per heavy atom. The molecule has 8 nitrogen and oxygen atoms in total. The Bertz CT molecular complexity index is 970. The zero-order valence-electron chi connectivity index (χ0n) is 19.3. The number of rotatable bonds is 10. The second-order valence-electron chi connectivity index (χ2n) is 8.25. The molecule has 0 radical (unpaired) electrons. The molecule has 1 aliphatic rings. The van der Waals surface area contributed by atoms with Crippen LogP contribution >= 0.6 is 0 Å². The molecule has 0 unspecified atom stereocenters. The zero-order valence-corrected chi connectivity index (χ0v) is 19.3. The Hall–Kier alpha value is -3.39. The third-order valence-corrected chi connectivity index (χ3v) is 5.34.